The fourth-order valence-electron chi connectivity index (χ4n) is 1.89. The number of carbonyl (C=O) groups excluding carboxylic acids is 2. The van der Waals surface area contributed by atoms with Crippen LogP contribution >= 0.6 is 0 Å². The molecule has 0 saturated carbocycles. The van der Waals surface area contributed by atoms with Gasteiger partial charge in [0.25, 0.3) is 0 Å². The Bertz CT molecular complexity index is 759. The zero-order chi connectivity index (χ0) is 18.8. The van der Waals surface area contributed by atoms with E-state index in [1.807, 2.05) is 12.1 Å². The first-order valence-electron chi connectivity index (χ1n) is 8.12. The molecular weight excluding hydrogens is 328 g/mol. The van der Waals surface area contributed by atoms with E-state index in [4.69, 9.17) is 9.47 Å². The minimum atomic E-state index is -0.426. The molecule has 0 radical (unpaired) electrons. The largest absolute Gasteiger partial charge is 0.423 e. The van der Waals surface area contributed by atoms with E-state index in [0.29, 0.717) is 22.6 Å². The van der Waals surface area contributed by atoms with E-state index in [0.717, 1.165) is 0 Å². The monoisotopic (exact) mass is 348 g/mol. The molecule has 0 unspecified atom stereocenters. The fourth-order valence-corrected chi connectivity index (χ4v) is 1.89. The van der Waals surface area contributed by atoms with E-state index in [9.17, 15) is 9.59 Å². The second-order valence-corrected chi connectivity index (χ2v) is 5.49. The van der Waals surface area contributed by atoms with Crippen LogP contribution in [0.5, 0.6) is 11.5 Å². The van der Waals surface area contributed by atoms with Gasteiger partial charge < -0.3 is 9.47 Å². The lowest BCUT2D eigenvalue weighted by Gasteiger charge is -2.03. The Morgan fingerprint density at radius 3 is 1.35 bits per heavy atom. The number of benzene rings is 2. The second-order valence-electron chi connectivity index (χ2n) is 5.49. The molecule has 132 valence electrons. The summed E-state index contributed by atoms with van der Waals surface area (Å²) in [7, 11) is 0. The van der Waals surface area contributed by atoms with Crippen LogP contribution in [0.15, 0.2) is 96.1 Å². The zero-order valence-electron chi connectivity index (χ0n) is 14.7. The van der Waals surface area contributed by atoms with Gasteiger partial charge in [0.1, 0.15) is 11.5 Å². The summed E-state index contributed by atoms with van der Waals surface area (Å²) in [4.78, 5) is 23.9. The van der Waals surface area contributed by atoms with Gasteiger partial charge in [0.15, 0.2) is 0 Å². The number of allylic oxidation sites excluding steroid dienone is 4. The Kier molecular flexibility index (Phi) is 7.13. The topological polar surface area (TPSA) is 52.6 Å². The van der Waals surface area contributed by atoms with Crippen LogP contribution < -0.4 is 9.47 Å². The van der Waals surface area contributed by atoms with Gasteiger partial charge in [-0.25, -0.2) is 9.59 Å². The highest BCUT2D eigenvalue weighted by molar-refractivity contribution is 5.90. The molecule has 0 N–H and O–H groups in total. The highest BCUT2D eigenvalue weighted by Gasteiger charge is 2.07. The first kappa shape index (κ1) is 18.9. The van der Waals surface area contributed by atoms with Crippen molar-refractivity contribution in [2.75, 3.05) is 0 Å². The lowest BCUT2D eigenvalue weighted by Crippen LogP contribution is -2.09. The Morgan fingerprint density at radius 2 is 1.00 bits per heavy atom. The third kappa shape index (κ3) is 6.24. The normalized spacial score (nSPS) is 12.1. The van der Waals surface area contributed by atoms with Crippen molar-refractivity contribution in [2.45, 2.75) is 13.8 Å². The molecule has 2 aromatic carbocycles. The van der Waals surface area contributed by atoms with Crippen molar-refractivity contribution in [1.29, 1.82) is 0 Å². The average Bonchev–Trinajstić information content (AvgIpc) is 2.66. The number of hydrogen-bond donors (Lipinski definition) is 0. The molecule has 2 aromatic rings. The Labute approximate surface area is 153 Å². The summed E-state index contributed by atoms with van der Waals surface area (Å²) in [5, 5.41) is 0. The van der Waals surface area contributed by atoms with Gasteiger partial charge in [-0.05, 0) is 38.1 Å². The van der Waals surface area contributed by atoms with Gasteiger partial charge in [0, 0.05) is 11.1 Å². The van der Waals surface area contributed by atoms with Crippen LogP contribution in [0.2, 0.25) is 0 Å². The summed E-state index contributed by atoms with van der Waals surface area (Å²) in [5.41, 5.74) is 0.894. The number of rotatable bonds is 6. The predicted molar refractivity (Wildman–Crippen MR) is 101 cm³/mol. The molecule has 0 bridgehead atoms. The number of hydrogen-bond acceptors (Lipinski definition) is 4. The maximum Gasteiger partial charge on any atom is 0.339 e. The van der Waals surface area contributed by atoms with E-state index in [1.165, 1.54) is 0 Å². The van der Waals surface area contributed by atoms with Crippen molar-refractivity contribution < 1.29 is 19.1 Å². The van der Waals surface area contributed by atoms with Gasteiger partial charge >= 0.3 is 11.9 Å². The molecule has 0 saturated heterocycles. The maximum absolute atomic E-state index is 11.9. The zero-order valence-corrected chi connectivity index (χ0v) is 14.7. The van der Waals surface area contributed by atoms with Gasteiger partial charge in [0.2, 0.25) is 0 Å². The number of para-hydroxylation sites is 2. The maximum atomic E-state index is 11.9. The van der Waals surface area contributed by atoms with E-state index in [2.05, 4.69) is 0 Å². The van der Waals surface area contributed by atoms with Crippen LogP contribution in [-0.2, 0) is 9.59 Å². The van der Waals surface area contributed by atoms with Crippen molar-refractivity contribution >= 4 is 11.9 Å². The number of ether oxygens (including phenoxy) is 2. The van der Waals surface area contributed by atoms with Crippen molar-refractivity contribution in [1.82, 2.24) is 0 Å². The van der Waals surface area contributed by atoms with Crippen LogP contribution in [0, 0.1) is 0 Å². The standard InChI is InChI=1S/C22H20O4/c1-17(21(23)25-19-13-5-3-6-14-19)11-9-10-12-18(2)22(24)26-20-15-7-4-8-16-20/h3-16H,1-2H3/b10-9+,17-11+,18-12+. The lowest BCUT2D eigenvalue weighted by molar-refractivity contribution is -0.131. The summed E-state index contributed by atoms with van der Waals surface area (Å²) in [6.45, 7) is 3.33. The van der Waals surface area contributed by atoms with Crippen molar-refractivity contribution in [3.8, 4) is 11.5 Å². The molecule has 0 heterocycles. The Balaban J connectivity index is 1.89. The molecule has 0 amide bonds. The molecule has 0 aliphatic heterocycles. The first-order valence-corrected chi connectivity index (χ1v) is 8.12. The summed E-state index contributed by atoms with van der Waals surface area (Å²) in [6.07, 6.45) is 6.58. The SMILES string of the molecule is C\C(=C/C=C/C=C(\C)C(=O)Oc1ccccc1)C(=O)Oc1ccccc1. The predicted octanol–water partition coefficient (Wildman–Crippen LogP) is 4.65. The average molecular weight is 348 g/mol. The molecule has 2 rings (SSSR count). The van der Waals surface area contributed by atoms with Crippen LogP contribution in [-0.4, -0.2) is 11.9 Å². The first-order chi connectivity index (χ1) is 12.6. The third-order valence-corrected chi connectivity index (χ3v) is 3.36. The molecule has 0 aliphatic carbocycles. The van der Waals surface area contributed by atoms with Crippen LogP contribution in [0.1, 0.15) is 13.8 Å². The van der Waals surface area contributed by atoms with Crippen molar-refractivity contribution in [3.05, 3.63) is 96.1 Å². The van der Waals surface area contributed by atoms with Gasteiger partial charge in [-0.3, -0.25) is 0 Å². The number of esters is 2. The van der Waals surface area contributed by atoms with E-state index in [1.54, 1.807) is 86.7 Å². The molecule has 4 heteroatoms. The van der Waals surface area contributed by atoms with Gasteiger partial charge in [-0.15, -0.1) is 0 Å². The quantitative estimate of drug-likeness (QED) is 0.330. The lowest BCUT2D eigenvalue weighted by atomic mass is 10.2. The molecule has 0 aliphatic rings. The molecule has 0 aromatic heterocycles. The van der Waals surface area contributed by atoms with Crippen LogP contribution in [0.25, 0.3) is 0 Å². The molecule has 0 fully saturated rings. The summed E-state index contributed by atoms with van der Waals surface area (Å²) >= 11 is 0. The smallest absolute Gasteiger partial charge is 0.339 e. The van der Waals surface area contributed by atoms with Gasteiger partial charge in [-0.1, -0.05) is 60.7 Å². The molecule has 26 heavy (non-hydrogen) atoms. The highest BCUT2D eigenvalue weighted by Crippen LogP contribution is 2.12. The fraction of sp³-hybridized carbons (Fsp3) is 0.0909. The molecule has 0 spiro atoms. The molecule has 0 atom stereocenters. The molecular formula is C22H20O4. The Morgan fingerprint density at radius 1 is 0.654 bits per heavy atom. The minimum absolute atomic E-state index is 0.426. The van der Waals surface area contributed by atoms with Gasteiger partial charge in [0.05, 0.1) is 0 Å². The molecule has 4 nitrogen and oxygen atoms in total. The van der Waals surface area contributed by atoms with Crippen molar-refractivity contribution in [3.63, 3.8) is 0 Å². The third-order valence-electron chi connectivity index (χ3n) is 3.36. The summed E-state index contributed by atoms with van der Waals surface area (Å²) in [5.74, 6) is 0.136. The summed E-state index contributed by atoms with van der Waals surface area (Å²) in [6, 6.07) is 17.7. The van der Waals surface area contributed by atoms with Crippen LogP contribution in [0.3, 0.4) is 0 Å². The second kappa shape index (κ2) is 9.79. The minimum Gasteiger partial charge on any atom is -0.423 e. The van der Waals surface area contributed by atoms with Crippen molar-refractivity contribution in [2.24, 2.45) is 0 Å². The summed E-state index contributed by atoms with van der Waals surface area (Å²) < 4.78 is 10.5. The number of carbonyl (C=O) groups is 2. The van der Waals surface area contributed by atoms with E-state index < -0.39 is 11.9 Å². The van der Waals surface area contributed by atoms with Gasteiger partial charge in [-0.2, -0.15) is 0 Å². The van der Waals surface area contributed by atoms with E-state index in [-0.39, 0.29) is 0 Å². The van der Waals surface area contributed by atoms with Crippen LogP contribution in [0.4, 0.5) is 0 Å². The van der Waals surface area contributed by atoms with E-state index >= 15 is 0 Å². The highest BCUT2D eigenvalue weighted by atomic mass is 16.5. The Hall–Kier alpha value is -3.40.